The largest absolute Gasteiger partial charge is 0.508 e. The minimum absolute atomic E-state index is 0.527. The lowest BCUT2D eigenvalue weighted by Crippen LogP contribution is -2.38. The van der Waals surface area contributed by atoms with E-state index in [-0.39, 0.29) is 0 Å². The Hall–Kier alpha value is -1.02. The fourth-order valence-electron chi connectivity index (χ4n) is 3.70. The van der Waals surface area contributed by atoms with Gasteiger partial charge in [-0.05, 0) is 55.8 Å². The number of phenols is 1. The molecule has 1 aliphatic carbocycles. The van der Waals surface area contributed by atoms with Crippen LogP contribution in [0, 0.1) is 5.92 Å². The summed E-state index contributed by atoms with van der Waals surface area (Å²) in [5, 5.41) is 10.0. The highest BCUT2D eigenvalue weighted by atomic mass is 16.3. The third kappa shape index (κ3) is 1.85. The van der Waals surface area contributed by atoms with Crippen molar-refractivity contribution in [1.29, 1.82) is 0 Å². The molecule has 2 aliphatic rings. The molecule has 0 spiro atoms. The number of hydrogen-bond donors (Lipinski definition) is 1. The average molecular weight is 231 g/mol. The monoisotopic (exact) mass is 231 g/mol. The predicted octanol–water partition coefficient (Wildman–Crippen LogP) is 2.76. The van der Waals surface area contributed by atoms with Gasteiger partial charge in [-0.1, -0.05) is 19.1 Å². The Labute approximate surface area is 103 Å². The molecule has 1 fully saturated rings. The van der Waals surface area contributed by atoms with Crippen LogP contribution in [-0.4, -0.2) is 29.6 Å². The second kappa shape index (κ2) is 4.34. The van der Waals surface area contributed by atoms with Crippen LogP contribution < -0.4 is 0 Å². The van der Waals surface area contributed by atoms with Gasteiger partial charge in [0.15, 0.2) is 0 Å². The van der Waals surface area contributed by atoms with Gasteiger partial charge in [0.05, 0.1) is 0 Å². The fourth-order valence-corrected chi connectivity index (χ4v) is 3.70. The number of benzene rings is 1. The molecule has 1 heterocycles. The second-order valence-electron chi connectivity index (χ2n) is 5.51. The molecule has 0 saturated carbocycles. The molecule has 1 aromatic rings. The summed E-state index contributed by atoms with van der Waals surface area (Å²) < 4.78 is 0. The number of fused-ring (bicyclic) bond motifs is 3. The highest BCUT2D eigenvalue weighted by molar-refractivity contribution is 5.46. The summed E-state index contributed by atoms with van der Waals surface area (Å²) in [7, 11) is 0. The first kappa shape index (κ1) is 11.1. The van der Waals surface area contributed by atoms with E-state index in [9.17, 15) is 5.11 Å². The lowest BCUT2D eigenvalue weighted by atomic mass is 9.85. The number of likely N-dealkylation sites (tertiary alicyclic amines) is 1. The quantitative estimate of drug-likeness (QED) is 0.846. The molecule has 1 N–H and O–H groups in total. The Morgan fingerprint density at radius 2 is 2.29 bits per heavy atom. The Kier molecular flexibility index (Phi) is 2.83. The lowest BCUT2D eigenvalue weighted by Gasteiger charge is -2.35. The minimum atomic E-state index is 0.527. The summed E-state index contributed by atoms with van der Waals surface area (Å²) in [6.07, 6.45) is 3.62. The van der Waals surface area contributed by atoms with Crippen molar-refractivity contribution in [3.63, 3.8) is 0 Å². The van der Waals surface area contributed by atoms with Gasteiger partial charge >= 0.3 is 0 Å². The highest BCUT2D eigenvalue weighted by Gasteiger charge is 2.37. The van der Waals surface area contributed by atoms with Crippen LogP contribution in [0.15, 0.2) is 18.2 Å². The number of nitrogens with zero attached hydrogens (tertiary/aromatic N) is 1. The summed E-state index contributed by atoms with van der Waals surface area (Å²) >= 11 is 0. The summed E-state index contributed by atoms with van der Waals surface area (Å²) in [5.41, 5.74) is 2.65. The number of piperidine rings is 1. The van der Waals surface area contributed by atoms with E-state index in [0.29, 0.717) is 11.7 Å². The molecule has 0 bridgehead atoms. The van der Waals surface area contributed by atoms with Gasteiger partial charge < -0.3 is 10.0 Å². The van der Waals surface area contributed by atoms with E-state index in [2.05, 4.69) is 17.9 Å². The van der Waals surface area contributed by atoms with E-state index in [4.69, 9.17) is 0 Å². The molecular weight excluding hydrogens is 210 g/mol. The Balaban J connectivity index is 1.82. The average Bonchev–Trinajstić information content (AvgIpc) is 2.68. The molecule has 1 saturated heterocycles. The van der Waals surface area contributed by atoms with Crippen LogP contribution in [0.2, 0.25) is 0 Å². The second-order valence-corrected chi connectivity index (χ2v) is 5.51. The van der Waals surface area contributed by atoms with Gasteiger partial charge in [-0.2, -0.15) is 0 Å². The molecule has 0 unspecified atom stereocenters. The van der Waals surface area contributed by atoms with Crippen molar-refractivity contribution < 1.29 is 5.11 Å². The van der Waals surface area contributed by atoms with Crippen molar-refractivity contribution in [2.75, 3.05) is 19.6 Å². The van der Waals surface area contributed by atoms with E-state index >= 15 is 0 Å². The molecule has 0 aromatic heterocycles. The molecular formula is C15H21NO. The van der Waals surface area contributed by atoms with Gasteiger partial charge in [-0.25, -0.2) is 0 Å². The van der Waals surface area contributed by atoms with Crippen LogP contribution in [0.5, 0.6) is 5.75 Å². The molecule has 1 aliphatic heterocycles. The third-order valence-corrected chi connectivity index (χ3v) is 4.38. The van der Waals surface area contributed by atoms with Crippen LogP contribution >= 0.6 is 0 Å². The van der Waals surface area contributed by atoms with Gasteiger partial charge in [0, 0.05) is 12.1 Å². The first-order valence-electron chi connectivity index (χ1n) is 6.82. The smallest absolute Gasteiger partial charge is 0.119 e. The normalized spacial score (nSPS) is 27.8. The minimum Gasteiger partial charge on any atom is -0.508 e. The van der Waals surface area contributed by atoms with Gasteiger partial charge in [0.2, 0.25) is 0 Å². The van der Waals surface area contributed by atoms with Crippen LogP contribution in [0.3, 0.4) is 0 Å². The number of rotatable bonds is 2. The van der Waals surface area contributed by atoms with Gasteiger partial charge in [-0.15, -0.1) is 0 Å². The summed E-state index contributed by atoms with van der Waals surface area (Å²) in [5.74, 6) is 1.87. The topological polar surface area (TPSA) is 23.5 Å². The number of aromatic hydroxyl groups is 1. The highest BCUT2D eigenvalue weighted by Crippen LogP contribution is 2.46. The molecule has 2 atom stereocenters. The van der Waals surface area contributed by atoms with Crippen LogP contribution in [-0.2, 0) is 6.42 Å². The Morgan fingerprint density at radius 3 is 3.12 bits per heavy atom. The molecule has 3 rings (SSSR count). The molecule has 2 heteroatoms. The van der Waals surface area contributed by atoms with Gasteiger partial charge in [0.1, 0.15) is 5.75 Å². The maximum absolute atomic E-state index is 10.0. The number of phenolic OH excluding ortho intramolecular Hbond substituents is 1. The van der Waals surface area contributed by atoms with Crippen molar-refractivity contribution >= 4 is 0 Å². The zero-order chi connectivity index (χ0) is 11.8. The van der Waals surface area contributed by atoms with E-state index in [1.165, 1.54) is 43.6 Å². The molecule has 1 aromatic carbocycles. The van der Waals surface area contributed by atoms with E-state index < -0.39 is 0 Å². The van der Waals surface area contributed by atoms with Crippen molar-refractivity contribution in [1.82, 2.24) is 4.90 Å². The van der Waals surface area contributed by atoms with Crippen LogP contribution in [0.1, 0.15) is 36.8 Å². The number of hydrogen-bond acceptors (Lipinski definition) is 2. The third-order valence-electron chi connectivity index (χ3n) is 4.38. The van der Waals surface area contributed by atoms with Gasteiger partial charge in [-0.3, -0.25) is 0 Å². The standard InChI is InChI=1S/C15H21NO/c1-2-7-16-8-6-13-12(10-16)9-11-4-3-5-14(17)15(11)13/h3-5,12-13,17H,2,6-10H2,1H3/t12-,13+/m0/s1. The van der Waals surface area contributed by atoms with Crippen molar-refractivity contribution in [2.45, 2.75) is 32.1 Å². The zero-order valence-corrected chi connectivity index (χ0v) is 10.5. The van der Waals surface area contributed by atoms with Crippen molar-refractivity contribution in [3.8, 4) is 5.75 Å². The first-order valence-corrected chi connectivity index (χ1v) is 6.82. The zero-order valence-electron chi connectivity index (χ0n) is 10.5. The molecule has 0 radical (unpaired) electrons. The molecule has 2 nitrogen and oxygen atoms in total. The summed E-state index contributed by atoms with van der Waals surface area (Å²) in [4.78, 5) is 2.59. The molecule has 92 valence electrons. The van der Waals surface area contributed by atoms with E-state index in [0.717, 1.165) is 12.3 Å². The van der Waals surface area contributed by atoms with Gasteiger partial charge in [0.25, 0.3) is 0 Å². The van der Waals surface area contributed by atoms with E-state index in [1.807, 2.05) is 12.1 Å². The maximum atomic E-state index is 10.0. The molecule has 17 heavy (non-hydrogen) atoms. The summed E-state index contributed by atoms with van der Waals surface area (Å²) in [6.45, 7) is 5.89. The Bertz CT molecular complexity index is 415. The lowest BCUT2D eigenvalue weighted by molar-refractivity contribution is 0.162. The Morgan fingerprint density at radius 1 is 1.41 bits per heavy atom. The fraction of sp³-hybridized carbons (Fsp3) is 0.600. The van der Waals surface area contributed by atoms with Crippen LogP contribution in [0.4, 0.5) is 0 Å². The van der Waals surface area contributed by atoms with Crippen LogP contribution in [0.25, 0.3) is 0 Å². The van der Waals surface area contributed by atoms with Crippen molar-refractivity contribution in [2.24, 2.45) is 5.92 Å². The summed E-state index contributed by atoms with van der Waals surface area (Å²) in [6, 6.07) is 6.02. The first-order chi connectivity index (χ1) is 8.29. The SMILES string of the molecule is CCCN1CC[C@H]2c3c(O)cccc3C[C@H]2C1. The maximum Gasteiger partial charge on any atom is 0.119 e. The predicted molar refractivity (Wildman–Crippen MR) is 69.4 cm³/mol. The van der Waals surface area contributed by atoms with Crippen molar-refractivity contribution in [3.05, 3.63) is 29.3 Å². The van der Waals surface area contributed by atoms with E-state index in [1.54, 1.807) is 0 Å². The molecule has 0 amide bonds.